The van der Waals surface area contributed by atoms with Gasteiger partial charge in [0.1, 0.15) is 0 Å². The molecule has 0 spiro atoms. The molecule has 1 aliphatic heterocycles. The summed E-state index contributed by atoms with van der Waals surface area (Å²) in [6.07, 6.45) is 3.69. The van der Waals surface area contributed by atoms with E-state index in [2.05, 4.69) is 26.1 Å². The summed E-state index contributed by atoms with van der Waals surface area (Å²) in [5, 5.41) is 3.10. The standard InChI is InChI=1S/C16H23BrN2O/c1-11-9-14(17)10-12(2)15(11)18-16(20)13(3)19-7-5-4-6-8-19/h9-10,13H,4-8H2,1-3H3,(H,18,20). The van der Waals surface area contributed by atoms with E-state index in [0.717, 1.165) is 34.4 Å². The Hall–Kier alpha value is -0.870. The molecule has 4 heteroatoms. The van der Waals surface area contributed by atoms with Gasteiger partial charge in [0.05, 0.1) is 6.04 Å². The van der Waals surface area contributed by atoms with Crippen LogP contribution in [0.15, 0.2) is 16.6 Å². The molecule has 1 amide bonds. The minimum Gasteiger partial charge on any atom is -0.324 e. The summed E-state index contributed by atoms with van der Waals surface area (Å²) in [7, 11) is 0. The molecule has 1 aliphatic rings. The summed E-state index contributed by atoms with van der Waals surface area (Å²) < 4.78 is 1.05. The Morgan fingerprint density at radius 2 is 1.75 bits per heavy atom. The number of rotatable bonds is 3. The Bertz CT molecular complexity index is 472. The van der Waals surface area contributed by atoms with Gasteiger partial charge in [-0.25, -0.2) is 0 Å². The van der Waals surface area contributed by atoms with Crippen molar-refractivity contribution in [3.63, 3.8) is 0 Å². The van der Waals surface area contributed by atoms with E-state index in [9.17, 15) is 4.79 Å². The number of benzene rings is 1. The number of piperidine rings is 1. The highest BCUT2D eigenvalue weighted by Gasteiger charge is 2.23. The van der Waals surface area contributed by atoms with Gasteiger partial charge >= 0.3 is 0 Å². The summed E-state index contributed by atoms with van der Waals surface area (Å²) in [6.45, 7) is 8.13. The highest BCUT2D eigenvalue weighted by atomic mass is 79.9. The molecule has 3 nitrogen and oxygen atoms in total. The molecule has 2 rings (SSSR count). The Morgan fingerprint density at radius 1 is 1.20 bits per heavy atom. The first-order valence-electron chi connectivity index (χ1n) is 7.30. The van der Waals surface area contributed by atoms with Crippen molar-refractivity contribution in [3.05, 3.63) is 27.7 Å². The van der Waals surface area contributed by atoms with Crippen LogP contribution in [0.25, 0.3) is 0 Å². The smallest absolute Gasteiger partial charge is 0.241 e. The van der Waals surface area contributed by atoms with Gasteiger partial charge in [-0.3, -0.25) is 9.69 Å². The molecule has 110 valence electrons. The molecule has 0 bridgehead atoms. The quantitative estimate of drug-likeness (QED) is 0.906. The van der Waals surface area contributed by atoms with Crippen LogP contribution in [0.4, 0.5) is 5.69 Å². The molecule has 0 aromatic heterocycles. The Labute approximate surface area is 129 Å². The molecule has 1 fully saturated rings. The number of hydrogen-bond acceptors (Lipinski definition) is 2. The second-order valence-corrected chi connectivity index (χ2v) is 6.59. The van der Waals surface area contributed by atoms with E-state index >= 15 is 0 Å². The van der Waals surface area contributed by atoms with Crippen molar-refractivity contribution in [2.75, 3.05) is 18.4 Å². The lowest BCUT2D eigenvalue weighted by atomic mass is 10.1. The van der Waals surface area contributed by atoms with Crippen LogP contribution in [-0.2, 0) is 4.79 Å². The number of likely N-dealkylation sites (tertiary alicyclic amines) is 1. The largest absolute Gasteiger partial charge is 0.324 e. The fraction of sp³-hybridized carbons (Fsp3) is 0.562. The zero-order valence-electron chi connectivity index (χ0n) is 12.5. The third-order valence-corrected chi connectivity index (χ3v) is 4.52. The molecule has 0 saturated carbocycles. The van der Waals surface area contributed by atoms with Crippen molar-refractivity contribution in [3.8, 4) is 0 Å². The number of halogens is 1. The van der Waals surface area contributed by atoms with Crippen LogP contribution in [0, 0.1) is 13.8 Å². The molecule has 20 heavy (non-hydrogen) atoms. The van der Waals surface area contributed by atoms with Gasteiger partial charge in [0.25, 0.3) is 0 Å². The second kappa shape index (κ2) is 6.72. The fourth-order valence-corrected chi connectivity index (χ4v) is 3.49. The first-order chi connectivity index (χ1) is 9.49. The van der Waals surface area contributed by atoms with E-state index in [0.29, 0.717) is 0 Å². The van der Waals surface area contributed by atoms with Crippen LogP contribution in [-0.4, -0.2) is 29.9 Å². The fourth-order valence-electron chi connectivity index (χ4n) is 2.81. The molecule has 0 radical (unpaired) electrons. The van der Waals surface area contributed by atoms with E-state index in [1.165, 1.54) is 19.3 Å². The Balaban J connectivity index is 2.07. The Morgan fingerprint density at radius 3 is 2.30 bits per heavy atom. The maximum Gasteiger partial charge on any atom is 0.241 e. The zero-order valence-corrected chi connectivity index (χ0v) is 14.1. The zero-order chi connectivity index (χ0) is 14.7. The van der Waals surface area contributed by atoms with Gasteiger partial charge in [-0.15, -0.1) is 0 Å². The number of carbonyl (C=O) groups excluding carboxylic acids is 1. The number of aryl methyl sites for hydroxylation is 2. The van der Waals surface area contributed by atoms with Crippen LogP contribution >= 0.6 is 15.9 Å². The normalized spacial score (nSPS) is 17.8. The van der Waals surface area contributed by atoms with Gasteiger partial charge in [-0.2, -0.15) is 0 Å². The third kappa shape index (κ3) is 3.61. The van der Waals surface area contributed by atoms with E-state index in [4.69, 9.17) is 0 Å². The number of nitrogens with one attached hydrogen (secondary N) is 1. The molecule has 1 unspecified atom stereocenters. The van der Waals surface area contributed by atoms with Gasteiger partial charge in [-0.05, 0) is 70.0 Å². The molecule has 0 aliphatic carbocycles. The van der Waals surface area contributed by atoms with E-state index < -0.39 is 0 Å². The number of hydrogen-bond donors (Lipinski definition) is 1. The first-order valence-corrected chi connectivity index (χ1v) is 8.10. The van der Waals surface area contributed by atoms with Crippen molar-refractivity contribution in [1.29, 1.82) is 0 Å². The molecule has 1 N–H and O–H groups in total. The Kier molecular flexibility index (Phi) is 5.22. The monoisotopic (exact) mass is 338 g/mol. The van der Waals surface area contributed by atoms with Crippen molar-refractivity contribution in [2.24, 2.45) is 0 Å². The van der Waals surface area contributed by atoms with Gasteiger partial charge in [0, 0.05) is 10.2 Å². The molecule has 1 aromatic carbocycles. The molecule has 1 saturated heterocycles. The number of anilines is 1. The predicted molar refractivity (Wildman–Crippen MR) is 87.1 cm³/mol. The van der Waals surface area contributed by atoms with Crippen molar-refractivity contribution >= 4 is 27.5 Å². The molecular formula is C16H23BrN2O. The predicted octanol–water partition coefficient (Wildman–Crippen LogP) is 3.88. The topological polar surface area (TPSA) is 32.3 Å². The maximum absolute atomic E-state index is 12.4. The summed E-state index contributed by atoms with van der Waals surface area (Å²) in [5.41, 5.74) is 3.13. The summed E-state index contributed by atoms with van der Waals surface area (Å²) in [5.74, 6) is 0.0976. The lowest BCUT2D eigenvalue weighted by Gasteiger charge is -2.31. The highest BCUT2D eigenvalue weighted by Crippen LogP contribution is 2.25. The van der Waals surface area contributed by atoms with Gasteiger partial charge in [-0.1, -0.05) is 22.4 Å². The van der Waals surface area contributed by atoms with Crippen LogP contribution in [0.5, 0.6) is 0 Å². The van der Waals surface area contributed by atoms with Crippen LogP contribution in [0.3, 0.4) is 0 Å². The van der Waals surface area contributed by atoms with Crippen molar-refractivity contribution < 1.29 is 4.79 Å². The van der Waals surface area contributed by atoms with E-state index in [1.54, 1.807) is 0 Å². The van der Waals surface area contributed by atoms with Crippen LogP contribution < -0.4 is 5.32 Å². The van der Waals surface area contributed by atoms with Crippen LogP contribution in [0.1, 0.15) is 37.3 Å². The second-order valence-electron chi connectivity index (χ2n) is 5.68. The molecule has 1 aromatic rings. The third-order valence-electron chi connectivity index (χ3n) is 4.06. The molecule has 1 heterocycles. The number of carbonyl (C=O) groups is 1. The first kappa shape index (κ1) is 15.5. The number of amides is 1. The van der Waals surface area contributed by atoms with Crippen molar-refractivity contribution in [2.45, 2.75) is 46.1 Å². The minimum atomic E-state index is -0.0576. The lowest BCUT2D eigenvalue weighted by molar-refractivity contribution is -0.121. The molecule has 1 atom stereocenters. The number of nitrogens with zero attached hydrogens (tertiary/aromatic N) is 1. The summed E-state index contributed by atoms with van der Waals surface area (Å²) in [6, 6.07) is 4.01. The average molecular weight is 339 g/mol. The van der Waals surface area contributed by atoms with Gasteiger partial charge in [0.15, 0.2) is 0 Å². The minimum absolute atomic E-state index is 0.0576. The molecular weight excluding hydrogens is 316 g/mol. The maximum atomic E-state index is 12.4. The highest BCUT2D eigenvalue weighted by molar-refractivity contribution is 9.10. The van der Waals surface area contributed by atoms with Crippen LogP contribution in [0.2, 0.25) is 0 Å². The summed E-state index contributed by atoms with van der Waals surface area (Å²) >= 11 is 3.48. The van der Waals surface area contributed by atoms with Gasteiger partial charge in [0.2, 0.25) is 5.91 Å². The lowest BCUT2D eigenvalue weighted by Crippen LogP contribution is -2.44. The van der Waals surface area contributed by atoms with E-state index in [-0.39, 0.29) is 11.9 Å². The summed E-state index contributed by atoms with van der Waals surface area (Å²) in [4.78, 5) is 14.7. The SMILES string of the molecule is Cc1cc(Br)cc(C)c1NC(=O)C(C)N1CCCCC1. The van der Waals surface area contributed by atoms with Gasteiger partial charge < -0.3 is 5.32 Å². The van der Waals surface area contributed by atoms with Crippen molar-refractivity contribution in [1.82, 2.24) is 4.90 Å². The van der Waals surface area contributed by atoms with E-state index in [1.807, 2.05) is 32.9 Å². The average Bonchev–Trinajstić information content (AvgIpc) is 2.42.